The van der Waals surface area contributed by atoms with Crippen molar-refractivity contribution in [1.82, 2.24) is 9.88 Å². The van der Waals surface area contributed by atoms with Gasteiger partial charge in [0, 0.05) is 22.2 Å². The average molecular weight is 422 g/mol. The molecule has 0 radical (unpaired) electrons. The molecule has 0 atom stereocenters. The highest BCUT2D eigenvalue weighted by molar-refractivity contribution is 9.10. The number of nitro benzene ring substituents is 1. The van der Waals surface area contributed by atoms with E-state index >= 15 is 0 Å². The van der Waals surface area contributed by atoms with Gasteiger partial charge in [-0.1, -0.05) is 0 Å². The topological polar surface area (TPSA) is 180 Å². The molecule has 26 heavy (non-hydrogen) atoms. The molecule has 11 nitrogen and oxygen atoms in total. The SMILES string of the molecule is NC(=O)c1cc(Br)c(-n2c(N)c3c(cc2=O)C(=O)NC3=O)c([N+](=O)[O-])c1. The zero-order valence-electron chi connectivity index (χ0n) is 12.6. The van der Waals surface area contributed by atoms with Crippen molar-refractivity contribution in [3.63, 3.8) is 0 Å². The highest BCUT2D eigenvalue weighted by Crippen LogP contribution is 2.34. The monoisotopic (exact) mass is 421 g/mol. The van der Waals surface area contributed by atoms with Crippen LogP contribution in [0.2, 0.25) is 0 Å². The van der Waals surface area contributed by atoms with Gasteiger partial charge < -0.3 is 11.5 Å². The van der Waals surface area contributed by atoms with Gasteiger partial charge in [-0.3, -0.25) is 39.2 Å². The molecule has 0 bridgehead atoms. The minimum absolute atomic E-state index is 0.0287. The number of hydrogen-bond acceptors (Lipinski definition) is 7. The van der Waals surface area contributed by atoms with Gasteiger partial charge in [0.05, 0.1) is 16.1 Å². The number of aromatic nitrogens is 1. The third-order valence-corrected chi connectivity index (χ3v) is 4.31. The van der Waals surface area contributed by atoms with E-state index in [0.717, 1.165) is 12.1 Å². The number of carbonyl (C=O) groups excluding carboxylic acids is 3. The number of pyridine rings is 1. The lowest BCUT2D eigenvalue weighted by atomic mass is 10.1. The van der Waals surface area contributed by atoms with Crippen LogP contribution in [0.5, 0.6) is 0 Å². The zero-order valence-corrected chi connectivity index (χ0v) is 14.2. The number of nitrogens with one attached hydrogen (secondary N) is 1. The van der Waals surface area contributed by atoms with E-state index in [2.05, 4.69) is 15.9 Å². The largest absolute Gasteiger partial charge is 0.384 e. The Morgan fingerprint density at radius 3 is 2.42 bits per heavy atom. The smallest absolute Gasteiger partial charge is 0.295 e. The molecule has 1 aromatic carbocycles. The van der Waals surface area contributed by atoms with Crippen LogP contribution in [0.25, 0.3) is 5.69 Å². The van der Waals surface area contributed by atoms with Crippen molar-refractivity contribution in [2.45, 2.75) is 0 Å². The number of primary amides is 1. The molecule has 1 aromatic heterocycles. The molecule has 5 N–H and O–H groups in total. The number of nitrogens with zero attached hydrogens (tertiary/aromatic N) is 2. The first-order valence-corrected chi connectivity index (χ1v) is 7.62. The Hall–Kier alpha value is -3.54. The Balaban J connectivity index is 2.43. The second-order valence-electron chi connectivity index (χ2n) is 5.22. The van der Waals surface area contributed by atoms with E-state index in [4.69, 9.17) is 11.5 Å². The molecule has 0 saturated carbocycles. The Morgan fingerprint density at radius 2 is 1.85 bits per heavy atom. The highest BCUT2D eigenvalue weighted by atomic mass is 79.9. The lowest BCUT2D eigenvalue weighted by Gasteiger charge is -2.14. The van der Waals surface area contributed by atoms with Crippen LogP contribution in [0.4, 0.5) is 11.5 Å². The molecule has 2 aromatic rings. The minimum Gasteiger partial charge on any atom is -0.384 e. The number of carbonyl (C=O) groups is 3. The summed E-state index contributed by atoms with van der Waals surface area (Å²) in [5.41, 5.74) is 8.52. The third kappa shape index (κ3) is 2.43. The second kappa shape index (κ2) is 5.77. The van der Waals surface area contributed by atoms with Crippen molar-refractivity contribution >= 4 is 45.2 Å². The first kappa shape index (κ1) is 17.3. The molecule has 0 fully saturated rings. The van der Waals surface area contributed by atoms with Crippen LogP contribution in [-0.4, -0.2) is 27.2 Å². The number of fused-ring (bicyclic) bond motifs is 1. The molecular formula is C14H8BrN5O6. The van der Waals surface area contributed by atoms with E-state index in [1.54, 1.807) is 0 Å². The first-order chi connectivity index (χ1) is 12.1. The van der Waals surface area contributed by atoms with Crippen molar-refractivity contribution in [2.24, 2.45) is 5.73 Å². The van der Waals surface area contributed by atoms with E-state index in [-0.39, 0.29) is 26.9 Å². The number of nitrogens with two attached hydrogens (primary N) is 2. The number of imide groups is 1. The summed E-state index contributed by atoms with van der Waals surface area (Å²) < 4.78 is 0.684. The Bertz CT molecular complexity index is 1110. The number of hydrogen-bond donors (Lipinski definition) is 3. The third-order valence-electron chi connectivity index (χ3n) is 3.70. The first-order valence-electron chi connectivity index (χ1n) is 6.82. The molecular weight excluding hydrogens is 414 g/mol. The fourth-order valence-corrected chi connectivity index (χ4v) is 3.22. The highest BCUT2D eigenvalue weighted by Gasteiger charge is 2.34. The molecule has 132 valence electrons. The maximum atomic E-state index is 12.5. The van der Waals surface area contributed by atoms with Crippen LogP contribution in [0, 0.1) is 10.1 Å². The normalized spacial score (nSPS) is 12.7. The van der Waals surface area contributed by atoms with Crippen molar-refractivity contribution in [3.05, 3.63) is 59.8 Å². The fraction of sp³-hybridized carbons (Fsp3) is 0. The van der Waals surface area contributed by atoms with Gasteiger partial charge in [-0.25, -0.2) is 0 Å². The predicted molar refractivity (Wildman–Crippen MR) is 91.1 cm³/mol. The molecule has 0 saturated heterocycles. The average Bonchev–Trinajstić information content (AvgIpc) is 2.82. The molecule has 2 heterocycles. The maximum absolute atomic E-state index is 12.5. The van der Waals surface area contributed by atoms with Gasteiger partial charge in [-0.15, -0.1) is 0 Å². The Kier molecular flexibility index (Phi) is 3.84. The van der Waals surface area contributed by atoms with Crippen molar-refractivity contribution < 1.29 is 19.3 Å². The van der Waals surface area contributed by atoms with Gasteiger partial charge in [0.2, 0.25) is 5.91 Å². The number of anilines is 1. The van der Waals surface area contributed by atoms with E-state index in [1.807, 2.05) is 5.32 Å². The molecule has 0 unspecified atom stereocenters. The number of nitrogen functional groups attached to an aromatic ring is 1. The summed E-state index contributed by atoms with van der Waals surface area (Å²) in [5, 5.41) is 13.4. The van der Waals surface area contributed by atoms with Gasteiger partial charge in [0.25, 0.3) is 23.1 Å². The van der Waals surface area contributed by atoms with Crippen LogP contribution in [-0.2, 0) is 0 Å². The minimum atomic E-state index is -0.917. The summed E-state index contributed by atoms with van der Waals surface area (Å²) in [5.74, 6) is -2.99. The molecule has 1 aliphatic rings. The van der Waals surface area contributed by atoms with E-state index < -0.39 is 39.7 Å². The number of nitro groups is 1. The maximum Gasteiger partial charge on any atom is 0.295 e. The molecule has 3 amide bonds. The Labute approximate surface area is 151 Å². The van der Waals surface area contributed by atoms with Gasteiger partial charge in [-0.2, -0.15) is 0 Å². The van der Waals surface area contributed by atoms with E-state index in [0.29, 0.717) is 4.57 Å². The molecule has 0 aliphatic carbocycles. The van der Waals surface area contributed by atoms with Gasteiger partial charge in [0.1, 0.15) is 11.5 Å². The summed E-state index contributed by atoms with van der Waals surface area (Å²) in [7, 11) is 0. The summed E-state index contributed by atoms with van der Waals surface area (Å²) in [4.78, 5) is 58.0. The number of amides is 3. The Morgan fingerprint density at radius 1 is 1.19 bits per heavy atom. The van der Waals surface area contributed by atoms with Crippen LogP contribution in [0.3, 0.4) is 0 Å². The van der Waals surface area contributed by atoms with Crippen molar-refractivity contribution in [3.8, 4) is 5.69 Å². The summed E-state index contributed by atoms with van der Waals surface area (Å²) in [6.45, 7) is 0. The van der Waals surface area contributed by atoms with E-state index in [1.165, 1.54) is 6.07 Å². The predicted octanol–water partition coefficient (Wildman–Crippen LogP) is 0.0729. The van der Waals surface area contributed by atoms with Gasteiger partial charge in [0.15, 0.2) is 0 Å². The summed E-state index contributed by atoms with van der Waals surface area (Å²) in [6.07, 6.45) is 0. The fourth-order valence-electron chi connectivity index (χ4n) is 2.60. The standard InChI is InChI=1S/C14H8BrN5O6/c15-6-1-4(12(17)22)2-7(20(25)26)10(6)19-8(21)3-5-9(11(19)16)14(24)18-13(5)23/h1-3H,16H2,(H2,17,22)(H,18,23,24). The summed E-state index contributed by atoms with van der Waals surface area (Å²) in [6, 6.07) is 2.91. The number of rotatable bonds is 3. The van der Waals surface area contributed by atoms with Crippen LogP contribution in [0.15, 0.2) is 27.5 Å². The number of benzene rings is 1. The van der Waals surface area contributed by atoms with Gasteiger partial charge >= 0.3 is 0 Å². The van der Waals surface area contributed by atoms with Crippen LogP contribution >= 0.6 is 15.9 Å². The van der Waals surface area contributed by atoms with Crippen molar-refractivity contribution in [1.29, 1.82) is 0 Å². The second-order valence-corrected chi connectivity index (χ2v) is 6.08. The lowest BCUT2D eigenvalue weighted by Crippen LogP contribution is -2.25. The van der Waals surface area contributed by atoms with E-state index in [9.17, 15) is 29.3 Å². The van der Waals surface area contributed by atoms with Crippen LogP contribution in [0.1, 0.15) is 31.1 Å². The lowest BCUT2D eigenvalue weighted by molar-refractivity contribution is -0.384. The number of halogens is 1. The molecule has 1 aliphatic heterocycles. The zero-order chi connectivity index (χ0) is 19.3. The van der Waals surface area contributed by atoms with Crippen molar-refractivity contribution in [2.75, 3.05) is 5.73 Å². The summed E-state index contributed by atoms with van der Waals surface area (Å²) >= 11 is 3.05. The molecule has 12 heteroatoms. The quantitative estimate of drug-likeness (QED) is 0.356. The molecule has 3 rings (SSSR count). The van der Waals surface area contributed by atoms with Crippen LogP contribution < -0.4 is 22.3 Å². The van der Waals surface area contributed by atoms with Gasteiger partial charge in [-0.05, 0) is 22.0 Å². The molecule has 0 spiro atoms.